The summed E-state index contributed by atoms with van der Waals surface area (Å²) in [6, 6.07) is 11.9. The smallest absolute Gasteiger partial charge is 0.330 e. The molecule has 0 saturated carbocycles. The maximum Gasteiger partial charge on any atom is 0.330 e. The normalized spacial score (nSPS) is 12.0. The Morgan fingerprint density at radius 1 is 1.14 bits per heavy atom. The maximum absolute atomic E-state index is 13.0. The van der Waals surface area contributed by atoms with Gasteiger partial charge in [0.05, 0.1) is 13.7 Å². The van der Waals surface area contributed by atoms with Gasteiger partial charge < -0.3 is 9.47 Å². The number of ether oxygens (including phenoxy) is 2. The highest BCUT2D eigenvalue weighted by molar-refractivity contribution is 6.06. The third-order valence-electron chi connectivity index (χ3n) is 3.94. The predicted octanol–water partition coefficient (Wildman–Crippen LogP) is 5.32. The number of ketones is 1. The minimum Gasteiger partial charge on any atom is -0.496 e. The molecular formula is C21H20F4O3. The van der Waals surface area contributed by atoms with E-state index in [4.69, 9.17) is 9.47 Å². The number of allylic oxidation sites excluding steroid dienone is 1. The highest BCUT2D eigenvalue weighted by Crippen LogP contribution is 2.26. The number of aryl methyl sites for hydroxylation is 1. The minimum atomic E-state index is -4.22. The van der Waals surface area contributed by atoms with Crippen molar-refractivity contribution in [2.75, 3.05) is 13.7 Å². The Labute approximate surface area is 160 Å². The second-order valence-corrected chi connectivity index (χ2v) is 6.19. The predicted molar refractivity (Wildman–Crippen MR) is 98.1 cm³/mol. The first-order valence-electron chi connectivity index (χ1n) is 8.42. The van der Waals surface area contributed by atoms with Gasteiger partial charge in [-0.05, 0) is 30.7 Å². The van der Waals surface area contributed by atoms with E-state index in [-0.39, 0.29) is 12.4 Å². The molecule has 0 unspecified atom stereocenters. The van der Waals surface area contributed by atoms with E-state index in [9.17, 15) is 22.4 Å². The van der Waals surface area contributed by atoms with Gasteiger partial charge in [-0.3, -0.25) is 4.79 Å². The molecule has 2 aromatic carbocycles. The van der Waals surface area contributed by atoms with Gasteiger partial charge in [-0.25, -0.2) is 8.78 Å². The zero-order valence-corrected chi connectivity index (χ0v) is 15.4. The van der Waals surface area contributed by atoms with Crippen molar-refractivity contribution >= 4 is 11.9 Å². The van der Waals surface area contributed by atoms with Crippen molar-refractivity contribution in [3.63, 3.8) is 0 Å². The summed E-state index contributed by atoms with van der Waals surface area (Å²) in [7, 11) is 1.39. The van der Waals surface area contributed by atoms with Crippen LogP contribution in [0.3, 0.4) is 0 Å². The fourth-order valence-electron chi connectivity index (χ4n) is 2.36. The molecule has 0 saturated heterocycles. The van der Waals surface area contributed by atoms with Crippen molar-refractivity contribution in [2.45, 2.75) is 25.9 Å². The molecule has 0 aliphatic carbocycles. The molecule has 0 spiro atoms. The van der Waals surface area contributed by atoms with Crippen LogP contribution in [0.4, 0.5) is 17.6 Å². The lowest BCUT2D eigenvalue weighted by Crippen LogP contribution is -2.32. The summed E-state index contributed by atoms with van der Waals surface area (Å²) in [4.78, 5) is 12.2. The summed E-state index contributed by atoms with van der Waals surface area (Å²) in [6.07, 6.45) is -0.836. The summed E-state index contributed by atoms with van der Waals surface area (Å²) >= 11 is 0. The van der Waals surface area contributed by atoms with Gasteiger partial charge in [0.15, 0.2) is 5.78 Å². The number of carbonyl (C=O) groups excluding carboxylic acids is 1. The molecule has 0 N–H and O–H groups in total. The number of halogens is 4. The van der Waals surface area contributed by atoms with E-state index < -0.39 is 19.0 Å². The standard InChI is InChI=1S/C21H20F4O3/c1-14-3-7-16(8-4-14)18(26)9-5-15-6-10-19(27-2)17(11-15)12-28-13-21(24,25)20(22)23/h3-11,20H,12-13H2,1-2H3/b9-5+. The minimum absolute atomic E-state index is 0.190. The SMILES string of the molecule is COc1ccc(/C=C/C(=O)c2ccc(C)cc2)cc1COCC(F)(F)C(F)F. The Morgan fingerprint density at radius 3 is 2.43 bits per heavy atom. The average molecular weight is 396 g/mol. The fraction of sp³-hybridized carbons (Fsp3) is 0.286. The zero-order chi connectivity index (χ0) is 20.7. The van der Waals surface area contributed by atoms with Crippen molar-refractivity contribution in [2.24, 2.45) is 0 Å². The van der Waals surface area contributed by atoms with E-state index in [1.165, 1.54) is 13.2 Å². The molecule has 0 amide bonds. The number of hydrogen-bond donors (Lipinski definition) is 0. The molecule has 150 valence electrons. The van der Waals surface area contributed by atoms with E-state index in [1.807, 2.05) is 19.1 Å². The molecule has 0 heterocycles. The summed E-state index contributed by atoms with van der Waals surface area (Å²) in [5.74, 6) is -4.04. The third-order valence-corrected chi connectivity index (χ3v) is 3.94. The van der Waals surface area contributed by atoms with Crippen molar-refractivity contribution in [1.82, 2.24) is 0 Å². The van der Waals surface area contributed by atoms with E-state index >= 15 is 0 Å². The molecule has 0 aromatic heterocycles. The van der Waals surface area contributed by atoms with Crippen LogP contribution in [-0.4, -0.2) is 31.8 Å². The van der Waals surface area contributed by atoms with Crippen LogP contribution in [0.1, 0.15) is 27.0 Å². The number of carbonyl (C=O) groups is 1. The molecule has 0 bridgehead atoms. The van der Waals surface area contributed by atoms with Gasteiger partial charge in [0.25, 0.3) is 0 Å². The lowest BCUT2D eigenvalue weighted by molar-refractivity contribution is -0.168. The lowest BCUT2D eigenvalue weighted by Gasteiger charge is -2.16. The Hall–Kier alpha value is -2.67. The number of hydrogen-bond acceptors (Lipinski definition) is 3. The molecule has 0 fully saturated rings. The van der Waals surface area contributed by atoms with Gasteiger partial charge in [-0.2, -0.15) is 8.78 Å². The van der Waals surface area contributed by atoms with Gasteiger partial charge >= 0.3 is 12.3 Å². The van der Waals surface area contributed by atoms with Crippen LogP contribution in [0.15, 0.2) is 48.5 Å². The van der Waals surface area contributed by atoms with E-state index in [2.05, 4.69) is 0 Å². The molecule has 0 radical (unpaired) electrons. The second-order valence-electron chi connectivity index (χ2n) is 6.19. The Bertz CT molecular complexity index is 830. The Morgan fingerprint density at radius 2 is 1.82 bits per heavy atom. The van der Waals surface area contributed by atoms with Crippen LogP contribution in [-0.2, 0) is 11.3 Å². The summed E-state index contributed by atoms with van der Waals surface area (Å²) in [6.45, 7) is 0.182. The van der Waals surface area contributed by atoms with E-state index in [0.29, 0.717) is 22.4 Å². The number of rotatable bonds is 9. The topological polar surface area (TPSA) is 35.5 Å². The number of benzene rings is 2. The summed E-state index contributed by atoms with van der Waals surface area (Å²) in [5.41, 5.74) is 2.59. The highest BCUT2D eigenvalue weighted by atomic mass is 19.3. The quantitative estimate of drug-likeness (QED) is 0.327. The van der Waals surface area contributed by atoms with Crippen molar-refractivity contribution in [1.29, 1.82) is 0 Å². The van der Waals surface area contributed by atoms with Gasteiger partial charge in [0.2, 0.25) is 0 Å². The monoisotopic (exact) mass is 396 g/mol. The van der Waals surface area contributed by atoms with Crippen molar-refractivity contribution < 1.29 is 31.8 Å². The van der Waals surface area contributed by atoms with Crippen LogP contribution in [0, 0.1) is 6.92 Å². The van der Waals surface area contributed by atoms with Crippen molar-refractivity contribution in [3.8, 4) is 5.75 Å². The van der Waals surface area contributed by atoms with E-state index in [0.717, 1.165) is 5.56 Å². The summed E-state index contributed by atoms with van der Waals surface area (Å²) in [5, 5.41) is 0. The van der Waals surface area contributed by atoms with Gasteiger partial charge in [0.1, 0.15) is 12.4 Å². The molecule has 28 heavy (non-hydrogen) atoms. The first-order valence-corrected chi connectivity index (χ1v) is 8.42. The van der Waals surface area contributed by atoms with Gasteiger partial charge in [0, 0.05) is 11.1 Å². The Kier molecular flexibility index (Phi) is 7.34. The first kappa shape index (κ1) is 21.6. The van der Waals surface area contributed by atoms with Crippen molar-refractivity contribution in [3.05, 3.63) is 70.8 Å². The molecule has 7 heteroatoms. The molecule has 2 aromatic rings. The molecular weight excluding hydrogens is 376 g/mol. The number of methoxy groups -OCH3 is 1. The van der Waals surface area contributed by atoms with Gasteiger partial charge in [-0.1, -0.05) is 42.0 Å². The Balaban J connectivity index is 2.08. The summed E-state index contributed by atoms with van der Waals surface area (Å²) < 4.78 is 60.2. The molecule has 0 atom stereocenters. The maximum atomic E-state index is 13.0. The number of alkyl halides is 4. The van der Waals surface area contributed by atoms with Gasteiger partial charge in [-0.15, -0.1) is 0 Å². The molecule has 0 aliphatic rings. The molecule has 3 nitrogen and oxygen atoms in total. The lowest BCUT2D eigenvalue weighted by atomic mass is 10.1. The molecule has 0 aliphatic heterocycles. The molecule has 2 rings (SSSR count). The zero-order valence-electron chi connectivity index (χ0n) is 15.4. The highest BCUT2D eigenvalue weighted by Gasteiger charge is 2.40. The fourth-order valence-corrected chi connectivity index (χ4v) is 2.36. The average Bonchev–Trinajstić information content (AvgIpc) is 2.66. The van der Waals surface area contributed by atoms with E-state index in [1.54, 1.807) is 36.4 Å². The van der Waals surface area contributed by atoms with Crippen LogP contribution in [0.5, 0.6) is 5.75 Å². The van der Waals surface area contributed by atoms with Crippen LogP contribution >= 0.6 is 0 Å². The van der Waals surface area contributed by atoms with Crippen LogP contribution < -0.4 is 4.74 Å². The van der Waals surface area contributed by atoms with Crippen LogP contribution in [0.2, 0.25) is 0 Å². The largest absolute Gasteiger partial charge is 0.496 e. The second kappa shape index (κ2) is 9.50. The first-order chi connectivity index (χ1) is 13.2. The van der Waals surface area contributed by atoms with Crippen LogP contribution in [0.25, 0.3) is 6.08 Å². The third kappa shape index (κ3) is 5.92.